The predicted octanol–water partition coefficient (Wildman–Crippen LogP) is 3.21. The summed E-state index contributed by atoms with van der Waals surface area (Å²) in [4.78, 5) is 12.3. The maximum Gasteiger partial charge on any atom is 0.261 e. The number of carbonyl (C=O) groups excluding carboxylic acids is 1. The van der Waals surface area contributed by atoms with E-state index in [2.05, 4.69) is 5.32 Å². The molecule has 122 valence electrons. The first-order chi connectivity index (χ1) is 11.2. The van der Waals surface area contributed by atoms with E-state index in [0.29, 0.717) is 18.7 Å². The van der Waals surface area contributed by atoms with Crippen LogP contribution in [0.3, 0.4) is 0 Å². The summed E-state index contributed by atoms with van der Waals surface area (Å²) < 4.78 is 11.0. The van der Waals surface area contributed by atoms with Gasteiger partial charge in [-0.05, 0) is 36.6 Å². The van der Waals surface area contributed by atoms with E-state index in [1.807, 2.05) is 61.5 Å². The van der Waals surface area contributed by atoms with Crippen LogP contribution in [0.5, 0.6) is 11.5 Å². The molecule has 2 rings (SSSR count). The first-order valence-corrected chi connectivity index (χ1v) is 7.86. The third-order valence-corrected chi connectivity index (χ3v) is 3.57. The van der Waals surface area contributed by atoms with Gasteiger partial charge in [-0.25, -0.2) is 0 Å². The largest absolute Gasteiger partial charge is 0.496 e. The van der Waals surface area contributed by atoms with E-state index in [4.69, 9.17) is 9.47 Å². The maximum absolute atomic E-state index is 12.3. The van der Waals surface area contributed by atoms with E-state index in [1.165, 1.54) is 0 Å². The quantitative estimate of drug-likeness (QED) is 0.814. The van der Waals surface area contributed by atoms with Gasteiger partial charge in [-0.2, -0.15) is 0 Å². The van der Waals surface area contributed by atoms with Crippen LogP contribution in [0.25, 0.3) is 0 Å². The van der Waals surface area contributed by atoms with Crippen LogP contribution in [-0.2, 0) is 11.2 Å². The number of amides is 1. The minimum absolute atomic E-state index is 0.0914. The van der Waals surface area contributed by atoms with Gasteiger partial charge in [0.2, 0.25) is 0 Å². The number of nitrogens with one attached hydrogen (secondary N) is 1. The van der Waals surface area contributed by atoms with Crippen LogP contribution >= 0.6 is 0 Å². The van der Waals surface area contributed by atoms with Crippen molar-refractivity contribution in [3.05, 3.63) is 60.2 Å². The van der Waals surface area contributed by atoms with Crippen LogP contribution in [0, 0.1) is 0 Å². The van der Waals surface area contributed by atoms with Crippen molar-refractivity contribution in [2.24, 2.45) is 0 Å². The van der Waals surface area contributed by atoms with Gasteiger partial charge >= 0.3 is 0 Å². The Hall–Kier alpha value is -2.49. The molecule has 1 unspecified atom stereocenters. The fourth-order valence-corrected chi connectivity index (χ4v) is 2.33. The molecule has 4 nitrogen and oxygen atoms in total. The molecular formula is C19H23NO3. The summed E-state index contributed by atoms with van der Waals surface area (Å²) in [6.07, 6.45) is 0.863. The highest BCUT2D eigenvalue weighted by molar-refractivity contribution is 5.81. The fraction of sp³-hybridized carbons (Fsp3) is 0.316. The summed E-state index contributed by atoms with van der Waals surface area (Å²) in [5.74, 6) is 1.46. The molecule has 0 radical (unpaired) electrons. The van der Waals surface area contributed by atoms with Gasteiger partial charge in [0.15, 0.2) is 6.10 Å². The SMILES string of the molecule is CCC(Oc1ccccc1)C(=O)NCCc1ccccc1OC. The minimum Gasteiger partial charge on any atom is -0.496 e. The Morgan fingerprint density at radius 1 is 1.09 bits per heavy atom. The Morgan fingerprint density at radius 2 is 1.78 bits per heavy atom. The smallest absolute Gasteiger partial charge is 0.261 e. The van der Waals surface area contributed by atoms with Crippen molar-refractivity contribution < 1.29 is 14.3 Å². The van der Waals surface area contributed by atoms with Gasteiger partial charge in [0.05, 0.1) is 7.11 Å². The Morgan fingerprint density at radius 3 is 2.48 bits per heavy atom. The van der Waals surface area contributed by atoms with Crippen molar-refractivity contribution in [1.29, 1.82) is 0 Å². The second-order valence-corrected chi connectivity index (χ2v) is 5.18. The topological polar surface area (TPSA) is 47.6 Å². The van der Waals surface area contributed by atoms with Gasteiger partial charge in [0, 0.05) is 6.54 Å². The van der Waals surface area contributed by atoms with Crippen LogP contribution in [0.4, 0.5) is 0 Å². The molecule has 0 fully saturated rings. The lowest BCUT2D eigenvalue weighted by Crippen LogP contribution is -2.38. The lowest BCUT2D eigenvalue weighted by Gasteiger charge is -2.17. The van der Waals surface area contributed by atoms with Crippen LogP contribution in [0.1, 0.15) is 18.9 Å². The summed E-state index contributed by atoms with van der Waals surface area (Å²) in [5.41, 5.74) is 1.08. The van der Waals surface area contributed by atoms with Crippen molar-refractivity contribution in [3.8, 4) is 11.5 Å². The molecule has 2 aromatic rings. The monoisotopic (exact) mass is 313 g/mol. The second kappa shape index (κ2) is 8.83. The number of carbonyl (C=O) groups is 1. The molecule has 0 saturated carbocycles. The van der Waals surface area contributed by atoms with Crippen molar-refractivity contribution >= 4 is 5.91 Å². The Labute approximate surface area is 137 Å². The molecule has 1 N–H and O–H groups in total. The third kappa shape index (κ3) is 5.02. The molecule has 0 spiro atoms. The summed E-state index contributed by atoms with van der Waals surface area (Å²) in [7, 11) is 1.65. The van der Waals surface area contributed by atoms with Crippen LogP contribution < -0.4 is 14.8 Å². The molecule has 0 bridgehead atoms. The molecular weight excluding hydrogens is 290 g/mol. The van der Waals surface area contributed by atoms with Crippen molar-refractivity contribution in [2.75, 3.05) is 13.7 Å². The molecule has 0 aliphatic heterocycles. The van der Waals surface area contributed by atoms with Crippen molar-refractivity contribution in [1.82, 2.24) is 5.32 Å². The Kier molecular flexibility index (Phi) is 6.48. The molecule has 0 aliphatic carbocycles. The maximum atomic E-state index is 12.3. The normalized spacial score (nSPS) is 11.6. The first kappa shape index (κ1) is 16.9. The molecule has 0 aliphatic rings. The standard InChI is InChI=1S/C19H23NO3/c1-3-17(23-16-10-5-4-6-11-16)19(21)20-14-13-15-9-7-8-12-18(15)22-2/h4-12,17H,3,13-14H2,1-2H3,(H,20,21). The molecule has 1 amide bonds. The highest BCUT2D eigenvalue weighted by Gasteiger charge is 2.17. The number of hydrogen-bond acceptors (Lipinski definition) is 3. The van der Waals surface area contributed by atoms with Gasteiger partial charge in [0.1, 0.15) is 11.5 Å². The van der Waals surface area contributed by atoms with E-state index in [9.17, 15) is 4.79 Å². The number of hydrogen-bond donors (Lipinski definition) is 1. The van der Waals surface area contributed by atoms with Gasteiger partial charge < -0.3 is 14.8 Å². The summed E-state index contributed by atoms with van der Waals surface area (Å²) in [5, 5.41) is 2.93. The fourth-order valence-electron chi connectivity index (χ4n) is 2.33. The Bertz CT molecular complexity index is 613. The first-order valence-electron chi connectivity index (χ1n) is 7.86. The molecule has 1 atom stereocenters. The molecule has 0 saturated heterocycles. The summed E-state index contributed by atoms with van der Waals surface area (Å²) >= 11 is 0. The summed E-state index contributed by atoms with van der Waals surface area (Å²) in [6, 6.07) is 17.2. The number of para-hydroxylation sites is 2. The zero-order valence-corrected chi connectivity index (χ0v) is 13.6. The lowest BCUT2D eigenvalue weighted by molar-refractivity contribution is -0.128. The highest BCUT2D eigenvalue weighted by Crippen LogP contribution is 2.17. The highest BCUT2D eigenvalue weighted by atomic mass is 16.5. The van der Waals surface area contributed by atoms with E-state index in [1.54, 1.807) is 7.11 Å². The van der Waals surface area contributed by atoms with E-state index < -0.39 is 6.10 Å². The number of rotatable bonds is 8. The molecule has 4 heteroatoms. The average Bonchev–Trinajstić information content (AvgIpc) is 2.60. The minimum atomic E-state index is -0.477. The molecule has 0 aromatic heterocycles. The van der Waals surface area contributed by atoms with Crippen molar-refractivity contribution in [2.45, 2.75) is 25.9 Å². The number of benzene rings is 2. The van der Waals surface area contributed by atoms with Crippen LogP contribution in [-0.4, -0.2) is 25.7 Å². The predicted molar refractivity (Wildman–Crippen MR) is 90.9 cm³/mol. The van der Waals surface area contributed by atoms with Gasteiger partial charge in [-0.3, -0.25) is 4.79 Å². The Balaban J connectivity index is 1.85. The average molecular weight is 313 g/mol. The van der Waals surface area contributed by atoms with Crippen LogP contribution in [0.15, 0.2) is 54.6 Å². The number of ether oxygens (including phenoxy) is 2. The molecule has 23 heavy (non-hydrogen) atoms. The lowest BCUT2D eigenvalue weighted by atomic mass is 10.1. The molecule has 0 heterocycles. The summed E-state index contributed by atoms with van der Waals surface area (Å²) in [6.45, 7) is 2.49. The zero-order chi connectivity index (χ0) is 16.5. The van der Waals surface area contributed by atoms with Gasteiger partial charge in [-0.15, -0.1) is 0 Å². The number of methoxy groups -OCH3 is 1. The van der Waals surface area contributed by atoms with E-state index in [-0.39, 0.29) is 5.91 Å². The zero-order valence-electron chi connectivity index (χ0n) is 13.6. The third-order valence-electron chi connectivity index (χ3n) is 3.57. The van der Waals surface area contributed by atoms with Crippen molar-refractivity contribution in [3.63, 3.8) is 0 Å². The van der Waals surface area contributed by atoms with E-state index in [0.717, 1.165) is 17.7 Å². The van der Waals surface area contributed by atoms with E-state index >= 15 is 0 Å². The molecule has 2 aromatic carbocycles. The second-order valence-electron chi connectivity index (χ2n) is 5.18. The van der Waals surface area contributed by atoms with Gasteiger partial charge in [-0.1, -0.05) is 43.3 Å². The van der Waals surface area contributed by atoms with Gasteiger partial charge in [0.25, 0.3) is 5.91 Å². The van der Waals surface area contributed by atoms with Crippen LogP contribution in [0.2, 0.25) is 0 Å².